The number of Topliss-reactive ketones (excluding diaryl/α,β-unsaturated/α-hetero) is 1. The van der Waals surface area contributed by atoms with E-state index in [9.17, 15) is 48.6 Å². The van der Waals surface area contributed by atoms with Crippen molar-refractivity contribution in [2.75, 3.05) is 38.4 Å². The Labute approximate surface area is 563 Å². The van der Waals surface area contributed by atoms with Crippen LogP contribution in [-0.2, 0) is 73.2 Å². The van der Waals surface area contributed by atoms with Crippen molar-refractivity contribution in [1.29, 1.82) is 0 Å². The summed E-state index contributed by atoms with van der Waals surface area (Å²) in [6, 6.07) is 19.5. The lowest BCUT2D eigenvalue weighted by Crippen LogP contribution is -2.91. The molecule has 3 heterocycles. The highest BCUT2D eigenvalue weighted by molar-refractivity contribution is 5.97. The van der Waals surface area contributed by atoms with Crippen LogP contribution in [0.15, 0.2) is 107 Å². The van der Waals surface area contributed by atoms with Gasteiger partial charge in [-0.1, -0.05) is 67.6 Å². The van der Waals surface area contributed by atoms with E-state index >= 15 is 9.59 Å². The second kappa shape index (κ2) is 28.0. The fourth-order valence-electron chi connectivity index (χ4n) is 15.1. The molecule has 5 aromatic rings. The quantitative estimate of drug-likeness (QED) is 0.0164. The summed E-state index contributed by atoms with van der Waals surface area (Å²) in [6.45, 7) is 11.0. The zero-order chi connectivity index (χ0) is 70.9. The molecule has 5 aliphatic carbocycles. The number of amides is 3. The number of carbonyl (C=O) groups is 9. The molecular formula is C69H81N9O20. The van der Waals surface area contributed by atoms with Crippen LogP contribution < -0.4 is 32.6 Å². The maximum Gasteiger partial charge on any atom is 0.408 e. The third kappa shape index (κ3) is 13.5. The number of aromatic amines is 1. The van der Waals surface area contributed by atoms with Crippen LogP contribution >= 0.6 is 0 Å². The largest absolute Gasteiger partial charge is 0.480 e. The van der Waals surface area contributed by atoms with Crippen LogP contribution in [0.1, 0.15) is 138 Å². The van der Waals surface area contributed by atoms with Crippen molar-refractivity contribution in [2.45, 2.75) is 171 Å². The number of ether oxygens (including phenoxy) is 8. The number of methoxy groups -OCH3 is 2. The average Bonchev–Trinajstić information content (AvgIpc) is 0.631. The molecule has 9 N–H and O–H groups in total. The average molecular weight is 1360 g/mol. The molecule has 2 aromatic heterocycles. The number of nitrogens with zero attached hydrogens (tertiary/aromatic N) is 3. The minimum Gasteiger partial charge on any atom is -0.480 e. The number of ketones is 1. The first-order valence-electron chi connectivity index (χ1n) is 32.2. The van der Waals surface area contributed by atoms with E-state index in [4.69, 9.17) is 43.6 Å². The highest BCUT2D eigenvalue weighted by Crippen LogP contribution is 2.77. The van der Waals surface area contributed by atoms with E-state index in [2.05, 4.69) is 41.2 Å². The van der Waals surface area contributed by atoms with Crippen molar-refractivity contribution >= 4 is 76.5 Å². The molecule has 522 valence electrons. The number of hydrogen-bond acceptors (Lipinski definition) is 24. The Hall–Kier alpha value is -9.71. The van der Waals surface area contributed by atoms with Gasteiger partial charge in [-0.25, -0.2) is 29.1 Å². The second-order valence-corrected chi connectivity index (χ2v) is 26.8. The Morgan fingerprint density at radius 3 is 2.19 bits per heavy atom. The monoisotopic (exact) mass is 1360 g/mol. The molecule has 5 fully saturated rings. The molecule has 1 saturated heterocycles. The van der Waals surface area contributed by atoms with E-state index in [1.54, 1.807) is 102 Å². The maximum absolute atomic E-state index is 16.0. The van der Waals surface area contributed by atoms with Gasteiger partial charge in [-0.2, -0.15) is 4.98 Å². The van der Waals surface area contributed by atoms with Crippen LogP contribution in [0.2, 0.25) is 0 Å². The van der Waals surface area contributed by atoms with Crippen LogP contribution in [0.4, 0.5) is 16.6 Å². The number of alkyl carbamates (subject to hydrolysis) is 1. The Morgan fingerprint density at radius 1 is 0.867 bits per heavy atom. The van der Waals surface area contributed by atoms with E-state index in [1.165, 1.54) is 51.6 Å². The number of carbonyl (C=O) groups excluding carboxylic acids is 8. The van der Waals surface area contributed by atoms with Gasteiger partial charge >= 0.3 is 35.9 Å². The molecule has 0 radical (unpaired) electrons. The van der Waals surface area contributed by atoms with Crippen molar-refractivity contribution in [3.8, 4) is 0 Å². The molecule has 29 nitrogen and oxygen atoms in total. The molecule has 4 bridgehead atoms. The summed E-state index contributed by atoms with van der Waals surface area (Å²) in [5, 5.41) is 35.1. The molecule has 13 unspecified atom stereocenters. The van der Waals surface area contributed by atoms with E-state index < -0.39 is 160 Å². The number of carboxylic acids is 1. The van der Waals surface area contributed by atoms with Crippen LogP contribution in [0.5, 0.6) is 0 Å². The molecule has 13 atom stereocenters. The maximum atomic E-state index is 16.0. The van der Waals surface area contributed by atoms with Crippen molar-refractivity contribution < 1.29 is 91.3 Å². The second-order valence-electron chi connectivity index (χ2n) is 26.8. The van der Waals surface area contributed by atoms with Gasteiger partial charge in [-0.3, -0.25) is 33.8 Å². The van der Waals surface area contributed by atoms with Crippen molar-refractivity contribution in [2.24, 2.45) is 16.7 Å². The third-order valence-corrected chi connectivity index (χ3v) is 19.5. The molecule has 1 aliphatic heterocycles. The van der Waals surface area contributed by atoms with Gasteiger partial charge in [-0.15, -0.1) is 0 Å². The summed E-state index contributed by atoms with van der Waals surface area (Å²) >= 11 is 0. The topological polar surface area (TPSA) is 414 Å². The number of hydrogen-bond donors (Lipinski definition) is 8. The molecule has 4 saturated carbocycles. The molecule has 98 heavy (non-hydrogen) atoms. The number of nitrogens with two attached hydrogens (primary N) is 1. The molecule has 3 amide bonds. The number of aliphatic hydroxyl groups is 1. The lowest BCUT2D eigenvalue weighted by atomic mass is 9.31. The summed E-state index contributed by atoms with van der Waals surface area (Å²) in [4.78, 5) is 153. The number of nitrogens with one attached hydrogen (secondary N) is 5. The summed E-state index contributed by atoms with van der Waals surface area (Å²) in [5.74, 6) is -8.34. The van der Waals surface area contributed by atoms with E-state index in [1.807, 2.05) is 0 Å². The van der Waals surface area contributed by atoms with Crippen LogP contribution in [0.3, 0.4) is 0 Å². The normalized spacial score (nSPS) is 26.8. The molecule has 3 aromatic carbocycles. The highest BCUT2D eigenvalue weighted by atomic mass is 16.6. The number of H-pyrrole nitrogens is 1. The first kappa shape index (κ1) is 71.1. The van der Waals surface area contributed by atoms with Crippen molar-refractivity contribution in [1.82, 2.24) is 35.9 Å². The van der Waals surface area contributed by atoms with Gasteiger partial charge in [0, 0.05) is 70.9 Å². The Bertz CT molecular complexity index is 4020. The zero-order valence-electron chi connectivity index (χ0n) is 55.7. The summed E-state index contributed by atoms with van der Waals surface area (Å²) in [7, 11) is 2.72. The van der Waals surface area contributed by atoms with E-state index in [0.29, 0.717) is 0 Å². The molecule has 6 aliphatic rings. The van der Waals surface area contributed by atoms with Gasteiger partial charge < -0.3 is 75.1 Å². The molecule has 0 spiro atoms. The first-order valence-corrected chi connectivity index (χ1v) is 32.2. The number of aliphatic carboxylic acids is 1. The van der Waals surface area contributed by atoms with Crippen LogP contribution in [0, 0.1) is 16.7 Å². The van der Waals surface area contributed by atoms with Gasteiger partial charge in [-0.05, 0) is 100 Å². The summed E-state index contributed by atoms with van der Waals surface area (Å²) in [6.07, 6.45) is -7.85. The predicted octanol–water partition coefficient (Wildman–Crippen LogP) is 5.04. The molecule has 11 rings (SSSR count). The lowest BCUT2D eigenvalue weighted by molar-refractivity contribution is -0.404. The first-order chi connectivity index (χ1) is 46.4. The molecule has 29 heteroatoms. The van der Waals surface area contributed by atoms with Gasteiger partial charge in [0.05, 0.1) is 42.2 Å². The number of rotatable bonds is 25. The van der Waals surface area contributed by atoms with Crippen molar-refractivity contribution in [3.05, 3.63) is 135 Å². The number of anilines is 2. The van der Waals surface area contributed by atoms with Crippen molar-refractivity contribution in [3.63, 3.8) is 0 Å². The van der Waals surface area contributed by atoms with E-state index in [-0.39, 0.29) is 103 Å². The number of carboxylic acid groups (broad SMARTS) is 1. The van der Waals surface area contributed by atoms with Gasteiger partial charge in [0.1, 0.15) is 47.4 Å². The number of esters is 4. The Morgan fingerprint density at radius 2 is 1.56 bits per heavy atom. The number of unbranched alkanes of at least 4 members (excludes halogenated alkanes) is 1. The number of aromatic nitrogens is 4. The van der Waals surface area contributed by atoms with Gasteiger partial charge in [0.15, 0.2) is 28.1 Å². The third-order valence-electron chi connectivity index (χ3n) is 19.5. The SMILES string of the molecule is COC1C(=O)C2(C)C(OC)CC3OCC3(OC(C)=O)C2C2(OC(=O)c3ccccc3)CC3(C)C1=C(C)C(OC(=O)C(OC(=O)CCC(=O)NCCCCC(NC(=O)c1ccc(CNc4cnc5nc(N)[nH]c(=O)c5n4)cc1)C(=O)O)C(NC(=O)OC(C)(C)C)c1ccccc1)CC32O. The van der Waals surface area contributed by atoms with Gasteiger partial charge in [0.25, 0.3) is 11.5 Å². The number of benzene rings is 3. The molecular weight excluding hydrogens is 1270 g/mol. The number of nitrogen functional groups attached to an aromatic ring is 1. The lowest BCUT2D eigenvalue weighted by Gasteiger charge is -2.78. The van der Waals surface area contributed by atoms with Crippen LogP contribution in [-0.4, -0.2) is 170 Å². The minimum absolute atomic E-state index is 0.00836. The Balaban J connectivity index is 0.846. The standard InChI is InChI=1S/C69H81N9O20/c1-36-43(31-69(90)65(6)34-68(69,97-59(87)41-20-14-11-15-21-41)61-66(7,54(82)52(92-9)49(36)65)44(91-8)30-45-67(61,35-93-45)96-37(2)79)94-60(88)53(50(39-18-12-10-13-19-39)76-63(89)98-64(3,4)5)95-48(81)28-27-47(80)71-29-17-16-22-42(58(85)86)74-56(83)40-25-23-38(24-26-40)32-72-46-33-73-55-51(75-46)57(84)78-62(70)77-55/h10-15,18-21,23-26,33,42-45,50,52-53,61,90H,16-17,22,27-32,34-35H2,1-9H3,(H,71,80)(H,72,75)(H,74,83)(H,76,89)(H,85,86)(H3,70,73,77,78,84). The summed E-state index contributed by atoms with van der Waals surface area (Å²) < 4.78 is 49.7. The fraction of sp³-hybridized carbons (Fsp3) is 0.493. The van der Waals surface area contributed by atoms with Gasteiger partial charge in [0.2, 0.25) is 18.0 Å². The smallest absolute Gasteiger partial charge is 0.408 e. The fourth-order valence-corrected chi connectivity index (χ4v) is 15.1. The Kier molecular flexibility index (Phi) is 20.3. The number of fused-ring (bicyclic) bond motifs is 3. The highest BCUT2D eigenvalue weighted by Gasteiger charge is 2.89. The zero-order valence-corrected chi connectivity index (χ0v) is 55.7. The van der Waals surface area contributed by atoms with E-state index in [0.717, 1.165) is 5.56 Å². The predicted molar refractivity (Wildman–Crippen MR) is 346 cm³/mol. The summed E-state index contributed by atoms with van der Waals surface area (Å²) in [5.41, 5.74) is -3.69. The van der Waals surface area contributed by atoms with Crippen LogP contribution in [0.25, 0.3) is 11.2 Å². The minimum atomic E-state index is -2.31.